The molecule has 0 amide bonds. The number of benzene rings is 2. The van der Waals surface area contributed by atoms with Crippen molar-refractivity contribution in [1.29, 1.82) is 0 Å². The Balaban J connectivity index is 1.54. The van der Waals surface area contributed by atoms with Gasteiger partial charge in [-0.15, -0.1) is 0 Å². The van der Waals surface area contributed by atoms with Gasteiger partial charge >= 0.3 is 0 Å². The molecule has 0 bridgehead atoms. The van der Waals surface area contributed by atoms with E-state index in [1.54, 1.807) is 0 Å². The molecule has 0 heterocycles. The average molecular weight is 360 g/mol. The van der Waals surface area contributed by atoms with Crippen LogP contribution in [-0.4, -0.2) is 12.4 Å². The summed E-state index contributed by atoms with van der Waals surface area (Å²) in [6.45, 7) is 6.63. The molecule has 0 aromatic heterocycles. The van der Waals surface area contributed by atoms with Crippen molar-refractivity contribution in [2.45, 2.75) is 39.5 Å². The molecule has 0 saturated carbocycles. The van der Waals surface area contributed by atoms with Gasteiger partial charge in [0.05, 0.1) is 0 Å². The van der Waals surface area contributed by atoms with Crippen LogP contribution in [0.3, 0.4) is 0 Å². The zero-order chi connectivity index (χ0) is 19.2. The van der Waals surface area contributed by atoms with Gasteiger partial charge in [-0.1, -0.05) is 81.4 Å². The number of Topliss-reactive ketones (excluding diaryl/α,β-unsaturated/α-hetero) is 1. The van der Waals surface area contributed by atoms with Crippen molar-refractivity contribution >= 4 is 11.4 Å². The molecule has 1 aliphatic rings. The van der Waals surface area contributed by atoms with E-state index in [4.69, 9.17) is 4.74 Å². The Morgan fingerprint density at radius 2 is 1.70 bits per heavy atom. The molecule has 2 aromatic rings. The Kier molecular flexibility index (Phi) is 6.28. The number of allylic oxidation sites excluding steroid dienone is 3. The van der Waals surface area contributed by atoms with E-state index in [1.165, 1.54) is 16.7 Å². The van der Waals surface area contributed by atoms with Crippen LogP contribution >= 0.6 is 0 Å². The molecular formula is C25H28O2. The number of ketones is 1. The molecule has 0 aliphatic heterocycles. The first-order valence-corrected chi connectivity index (χ1v) is 9.79. The lowest BCUT2D eigenvalue weighted by Crippen LogP contribution is -2.14. The molecule has 2 nitrogen and oxygen atoms in total. The van der Waals surface area contributed by atoms with E-state index in [9.17, 15) is 4.79 Å². The third kappa shape index (κ3) is 4.77. The summed E-state index contributed by atoms with van der Waals surface area (Å²) in [5.74, 6) is 1.74. The summed E-state index contributed by atoms with van der Waals surface area (Å²) in [5, 5.41) is 0. The normalized spacial score (nSPS) is 16.2. The summed E-state index contributed by atoms with van der Waals surface area (Å²) >= 11 is 0. The quantitative estimate of drug-likeness (QED) is 0.582. The predicted octanol–water partition coefficient (Wildman–Crippen LogP) is 5.95. The smallest absolute Gasteiger partial charge is 0.174 e. The summed E-state index contributed by atoms with van der Waals surface area (Å²) in [5.41, 5.74) is 4.83. The molecule has 1 unspecified atom stereocenters. The Morgan fingerprint density at radius 3 is 2.33 bits per heavy atom. The third-order valence-corrected chi connectivity index (χ3v) is 5.11. The maximum absolute atomic E-state index is 12.4. The van der Waals surface area contributed by atoms with Gasteiger partial charge in [0.25, 0.3) is 0 Å². The molecule has 0 N–H and O–H groups in total. The van der Waals surface area contributed by atoms with Gasteiger partial charge in [-0.3, -0.25) is 4.79 Å². The van der Waals surface area contributed by atoms with E-state index in [1.807, 2.05) is 24.3 Å². The fourth-order valence-electron chi connectivity index (χ4n) is 3.52. The molecular weight excluding hydrogens is 332 g/mol. The largest absolute Gasteiger partial charge is 0.490 e. The molecule has 1 atom stereocenters. The van der Waals surface area contributed by atoms with Crippen LogP contribution in [0.4, 0.5) is 0 Å². The van der Waals surface area contributed by atoms with Crippen molar-refractivity contribution in [1.82, 2.24) is 0 Å². The van der Waals surface area contributed by atoms with E-state index in [0.717, 1.165) is 17.7 Å². The standard InChI is InChI=1S/C25H28O2/c1-4-23-24(21-8-6-5-7-9-21)14-15-25(23)27-17-22(26)16-19-10-12-20(13-11-19)18(2)3/h5-15,18,23H,4,16-17H2,1-3H3. The average Bonchev–Trinajstić information content (AvgIpc) is 3.10. The Hall–Kier alpha value is -2.61. The van der Waals surface area contributed by atoms with Crippen molar-refractivity contribution in [3.8, 4) is 0 Å². The first kappa shape index (κ1) is 19.2. The van der Waals surface area contributed by atoms with Crippen LogP contribution in [0.5, 0.6) is 0 Å². The minimum Gasteiger partial charge on any atom is -0.490 e. The number of hydrogen-bond acceptors (Lipinski definition) is 2. The summed E-state index contributed by atoms with van der Waals surface area (Å²) in [4.78, 5) is 12.4. The monoisotopic (exact) mass is 360 g/mol. The van der Waals surface area contributed by atoms with E-state index in [0.29, 0.717) is 12.3 Å². The molecule has 3 rings (SSSR count). The van der Waals surface area contributed by atoms with Crippen LogP contribution < -0.4 is 0 Å². The molecule has 140 valence electrons. The van der Waals surface area contributed by atoms with Gasteiger partial charge in [-0.25, -0.2) is 0 Å². The highest BCUT2D eigenvalue weighted by Gasteiger charge is 2.24. The van der Waals surface area contributed by atoms with Crippen LogP contribution in [0.2, 0.25) is 0 Å². The maximum atomic E-state index is 12.4. The SMILES string of the molecule is CCC1C(OCC(=O)Cc2ccc(C(C)C)cc2)=CC=C1c1ccccc1. The molecule has 0 fully saturated rings. The fourth-order valence-corrected chi connectivity index (χ4v) is 3.52. The Labute approximate surface area is 162 Å². The van der Waals surface area contributed by atoms with Gasteiger partial charge in [-0.2, -0.15) is 0 Å². The Morgan fingerprint density at radius 1 is 1.00 bits per heavy atom. The minimum absolute atomic E-state index is 0.108. The number of rotatable bonds is 8. The van der Waals surface area contributed by atoms with Crippen LogP contribution in [-0.2, 0) is 16.0 Å². The highest BCUT2D eigenvalue weighted by molar-refractivity contribution is 5.82. The van der Waals surface area contributed by atoms with Gasteiger partial charge in [0.2, 0.25) is 0 Å². The van der Waals surface area contributed by atoms with Gasteiger partial charge in [0.1, 0.15) is 12.4 Å². The molecule has 0 spiro atoms. The number of carbonyl (C=O) groups is 1. The highest BCUT2D eigenvalue weighted by atomic mass is 16.5. The van der Waals surface area contributed by atoms with Crippen LogP contribution in [0.1, 0.15) is 49.8 Å². The summed E-state index contributed by atoms with van der Waals surface area (Å²) in [6, 6.07) is 18.7. The van der Waals surface area contributed by atoms with Crippen molar-refractivity contribution < 1.29 is 9.53 Å². The fraction of sp³-hybridized carbons (Fsp3) is 0.320. The summed E-state index contributed by atoms with van der Waals surface area (Å²) in [6.07, 6.45) is 5.51. The van der Waals surface area contributed by atoms with E-state index in [-0.39, 0.29) is 18.3 Å². The van der Waals surface area contributed by atoms with E-state index < -0.39 is 0 Å². The number of carbonyl (C=O) groups excluding carboxylic acids is 1. The minimum atomic E-state index is 0.108. The second-order valence-corrected chi connectivity index (χ2v) is 7.42. The summed E-state index contributed by atoms with van der Waals surface area (Å²) in [7, 11) is 0. The van der Waals surface area contributed by atoms with E-state index in [2.05, 4.69) is 63.2 Å². The van der Waals surface area contributed by atoms with Gasteiger partial charge in [-0.05, 0) is 40.7 Å². The van der Waals surface area contributed by atoms with Gasteiger partial charge in [0.15, 0.2) is 5.78 Å². The van der Waals surface area contributed by atoms with Crippen LogP contribution in [0.25, 0.3) is 5.57 Å². The number of ether oxygens (including phenoxy) is 1. The summed E-state index contributed by atoms with van der Waals surface area (Å²) < 4.78 is 5.91. The zero-order valence-electron chi connectivity index (χ0n) is 16.4. The molecule has 2 aromatic carbocycles. The van der Waals surface area contributed by atoms with Gasteiger partial charge < -0.3 is 4.74 Å². The van der Waals surface area contributed by atoms with Crippen molar-refractivity contribution in [3.63, 3.8) is 0 Å². The van der Waals surface area contributed by atoms with Crippen LogP contribution in [0.15, 0.2) is 72.5 Å². The molecule has 0 saturated heterocycles. The second kappa shape index (κ2) is 8.85. The lowest BCUT2D eigenvalue weighted by Gasteiger charge is -2.18. The topological polar surface area (TPSA) is 26.3 Å². The third-order valence-electron chi connectivity index (χ3n) is 5.11. The molecule has 27 heavy (non-hydrogen) atoms. The highest BCUT2D eigenvalue weighted by Crippen LogP contribution is 2.37. The molecule has 2 heteroatoms. The molecule has 1 aliphatic carbocycles. The number of hydrogen-bond donors (Lipinski definition) is 0. The van der Waals surface area contributed by atoms with E-state index >= 15 is 0 Å². The molecule has 0 radical (unpaired) electrons. The Bertz CT molecular complexity index is 826. The zero-order valence-corrected chi connectivity index (χ0v) is 16.4. The maximum Gasteiger partial charge on any atom is 0.174 e. The van der Waals surface area contributed by atoms with Crippen molar-refractivity contribution in [2.75, 3.05) is 6.61 Å². The second-order valence-electron chi connectivity index (χ2n) is 7.42. The lowest BCUT2D eigenvalue weighted by atomic mass is 9.92. The lowest BCUT2D eigenvalue weighted by molar-refractivity contribution is -0.121. The van der Waals surface area contributed by atoms with Gasteiger partial charge in [0, 0.05) is 12.3 Å². The first-order valence-electron chi connectivity index (χ1n) is 9.79. The predicted molar refractivity (Wildman–Crippen MR) is 111 cm³/mol. The first-order chi connectivity index (χ1) is 13.1. The van der Waals surface area contributed by atoms with Crippen molar-refractivity contribution in [3.05, 3.63) is 89.2 Å². The van der Waals surface area contributed by atoms with Crippen molar-refractivity contribution in [2.24, 2.45) is 5.92 Å². The van der Waals surface area contributed by atoms with Crippen LogP contribution in [0, 0.1) is 5.92 Å².